The van der Waals surface area contributed by atoms with Crippen LogP contribution in [0.2, 0.25) is 0 Å². The quantitative estimate of drug-likeness (QED) is 0.762. The second-order valence-corrected chi connectivity index (χ2v) is 5.64. The van der Waals surface area contributed by atoms with Gasteiger partial charge in [0.15, 0.2) is 11.5 Å². The third-order valence-electron chi connectivity index (χ3n) is 3.40. The van der Waals surface area contributed by atoms with E-state index >= 15 is 0 Å². The van der Waals surface area contributed by atoms with Crippen LogP contribution in [0.25, 0.3) is 0 Å². The van der Waals surface area contributed by atoms with E-state index in [0.29, 0.717) is 19.1 Å². The Morgan fingerprint density at radius 2 is 1.65 bits per heavy atom. The number of ether oxygens (including phenoxy) is 2. The van der Waals surface area contributed by atoms with Gasteiger partial charge in [0.25, 0.3) is 0 Å². The van der Waals surface area contributed by atoms with E-state index in [1.807, 2.05) is 48.5 Å². The van der Waals surface area contributed by atoms with E-state index < -0.39 is 0 Å². The maximum atomic E-state index is 6.55. The fraction of sp³-hybridized carbons (Fsp3) is 0.294. The first-order valence-electron chi connectivity index (χ1n) is 6.82. The topological polar surface area (TPSA) is 18.5 Å². The minimum atomic E-state index is -0.175. The summed E-state index contributed by atoms with van der Waals surface area (Å²) in [6.07, 6.45) is 0. The first-order valence-corrected chi connectivity index (χ1v) is 7.26. The van der Waals surface area contributed by atoms with Crippen molar-refractivity contribution in [1.29, 1.82) is 0 Å². The Labute approximate surface area is 124 Å². The van der Waals surface area contributed by atoms with Gasteiger partial charge in [-0.1, -0.05) is 43.3 Å². The molecule has 0 saturated carbocycles. The lowest BCUT2D eigenvalue weighted by Crippen LogP contribution is -2.12. The number of halogens is 1. The van der Waals surface area contributed by atoms with Crippen LogP contribution >= 0.6 is 11.6 Å². The van der Waals surface area contributed by atoms with E-state index in [4.69, 9.17) is 21.1 Å². The number of hydrogen-bond donors (Lipinski definition) is 0. The summed E-state index contributed by atoms with van der Waals surface area (Å²) in [4.78, 5) is 0. The van der Waals surface area contributed by atoms with Crippen molar-refractivity contribution >= 4 is 11.6 Å². The lowest BCUT2D eigenvalue weighted by atomic mass is 10.0. The molecule has 104 valence electrons. The van der Waals surface area contributed by atoms with Crippen LogP contribution in [0.4, 0.5) is 0 Å². The van der Waals surface area contributed by atoms with Crippen molar-refractivity contribution in [3.8, 4) is 11.5 Å². The number of alkyl halides is 1. The second kappa shape index (κ2) is 5.76. The summed E-state index contributed by atoms with van der Waals surface area (Å²) < 4.78 is 11.5. The molecule has 0 spiro atoms. The van der Waals surface area contributed by atoms with Gasteiger partial charge in [-0.3, -0.25) is 0 Å². The summed E-state index contributed by atoms with van der Waals surface area (Å²) in [5.41, 5.74) is 2.10. The molecule has 3 rings (SSSR count). The van der Waals surface area contributed by atoms with Crippen molar-refractivity contribution in [2.24, 2.45) is 5.92 Å². The Hall–Kier alpha value is -1.67. The highest BCUT2D eigenvalue weighted by molar-refractivity contribution is 6.22. The number of rotatable bonds is 2. The third-order valence-corrected chi connectivity index (χ3v) is 3.90. The fourth-order valence-electron chi connectivity index (χ4n) is 2.24. The molecule has 2 aromatic carbocycles. The lowest BCUT2D eigenvalue weighted by Gasteiger charge is -2.13. The molecular formula is C17H17ClO2. The van der Waals surface area contributed by atoms with E-state index in [-0.39, 0.29) is 5.38 Å². The van der Waals surface area contributed by atoms with Crippen LogP contribution in [0, 0.1) is 5.92 Å². The maximum Gasteiger partial charge on any atom is 0.161 e. The number of fused-ring (bicyclic) bond motifs is 1. The van der Waals surface area contributed by atoms with Gasteiger partial charge in [-0.2, -0.15) is 0 Å². The summed E-state index contributed by atoms with van der Waals surface area (Å²) in [7, 11) is 0. The molecule has 1 aliphatic heterocycles. The molecule has 0 saturated heterocycles. The van der Waals surface area contributed by atoms with Crippen molar-refractivity contribution in [2.45, 2.75) is 12.3 Å². The fourth-order valence-corrected chi connectivity index (χ4v) is 2.52. The van der Waals surface area contributed by atoms with Gasteiger partial charge in [0.1, 0.15) is 0 Å². The molecule has 1 heterocycles. The highest BCUT2D eigenvalue weighted by Crippen LogP contribution is 2.36. The van der Waals surface area contributed by atoms with Gasteiger partial charge in [-0.15, -0.1) is 11.6 Å². The SMILES string of the molecule is CC1COc2ccc(C(Cl)c3ccccc3)cc2OC1. The molecule has 2 aromatic rings. The van der Waals surface area contributed by atoms with Crippen molar-refractivity contribution in [2.75, 3.05) is 13.2 Å². The van der Waals surface area contributed by atoms with Gasteiger partial charge in [0.2, 0.25) is 0 Å². The Balaban J connectivity index is 1.89. The highest BCUT2D eigenvalue weighted by atomic mass is 35.5. The molecule has 0 bridgehead atoms. The molecule has 0 amide bonds. The van der Waals surface area contributed by atoms with Crippen molar-refractivity contribution < 1.29 is 9.47 Å². The Bertz CT molecular complexity index is 583. The zero-order valence-electron chi connectivity index (χ0n) is 11.4. The summed E-state index contributed by atoms with van der Waals surface area (Å²) in [5, 5.41) is -0.175. The molecule has 0 aromatic heterocycles. The molecule has 20 heavy (non-hydrogen) atoms. The predicted octanol–water partition coefficient (Wildman–Crippen LogP) is 4.42. The van der Waals surface area contributed by atoms with Crippen molar-refractivity contribution in [3.63, 3.8) is 0 Å². The summed E-state index contributed by atoms with van der Waals surface area (Å²) in [5.74, 6) is 1.98. The van der Waals surface area contributed by atoms with Crippen LogP contribution in [-0.2, 0) is 0 Å². The van der Waals surface area contributed by atoms with E-state index in [1.165, 1.54) is 0 Å². The Morgan fingerprint density at radius 1 is 0.950 bits per heavy atom. The lowest BCUT2D eigenvalue weighted by molar-refractivity contribution is 0.228. The molecule has 0 aliphatic carbocycles. The average molecular weight is 289 g/mol. The summed E-state index contributed by atoms with van der Waals surface area (Å²) in [6, 6.07) is 16.0. The number of benzene rings is 2. The van der Waals surface area contributed by atoms with Crippen LogP contribution in [0.15, 0.2) is 48.5 Å². The number of hydrogen-bond acceptors (Lipinski definition) is 2. The minimum Gasteiger partial charge on any atom is -0.489 e. The molecular weight excluding hydrogens is 272 g/mol. The van der Waals surface area contributed by atoms with Gasteiger partial charge < -0.3 is 9.47 Å². The van der Waals surface area contributed by atoms with Gasteiger partial charge in [0, 0.05) is 5.92 Å². The summed E-state index contributed by atoms with van der Waals surface area (Å²) in [6.45, 7) is 3.48. The normalized spacial score (nSPS) is 19.2. The molecule has 2 atom stereocenters. The molecule has 1 aliphatic rings. The van der Waals surface area contributed by atoms with E-state index in [1.54, 1.807) is 0 Å². The third kappa shape index (κ3) is 2.75. The minimum absolute atomic E-state index is 0.175. The largest absolute Gasteiger partial charge is 0.489 e. The standard InChI is InChI=1S/C17H17ClO2/c1-12-10-19-15-8-7-14(9-16(15)20-11-12)17(18)13-5-3-2-4-6-13/h2-9,12,17H,10-11H2,1H3. The van der Waals surface area contributed by atoms with Crippen LogP contribution < -0.4 is 9.47 Å². The monoisotopic (exact) mass is 288 g/mol. The second-order valence-electron chi connectivity index (χ2n) is 5.21. The zero-order valence-corrected chi connectivity index (χ0v) is 12.1. The van der Waals surface area contributed by atoms with Gasteiger partial charge in [-0.25, -0.2) is 0 Å². The van der Waals surface area contributed by atoms with Gasteiger partial charge >= 0.3 is 0 Å². The van der Waals surface area contributed by atoms with Crippen LogP contribution in [0.1, 0.15) is 23.4 Å². The highest BCUT2D eigenvalue weighted by Gasteiger charge is 2.18. The van der Waals surface area contributed by atoms with Gasteiger partial charge in [-0.05, 0) is 23.3 Å². The molecule has 0 N–H and O–H groups in total. The molecule has 0 radical (unpaired) electrons. The average Bonchev–Trinajstić information content (AvgIpc) is 2.69. The molecule has 0 fully saturated rings. The predicted molar refractivity (Wildman–Crippen MR) is 80.7 cm³/mol. The summed E-state index contributed by atoms with van der Waals surface area (Å²) >= 11 is 6.55. The van der Waals surface area contributed by atoms with Crippen LogP contribution in [0.3, 0.4) is 0 Å². The first-order chi connectivity index (χ1) is 9.74. The Morgan fingerprint density at radius 3 is 2.40 bits per heavy atom. The Kier molecular flexibility index (Phi) is 3.83. The first kappa shape index (κ1) is 13.3. The van der Waals surface area contributed by atoms with Crippen molar-refractivity contribution in [3.05, 3.63) is 59.7 Å². The van der Waals surface area contributed by atoms with E-state index in [9.17, 15) is 0 Å². The van der Waals surface area contributed by atoms with Crippen LogP contribution in [-0.4, -0.2) is 13.2 Å². The van der Waals surface area contributed by atoms with Gasteiger partial charge in [0.05, 0.1) is 18.6 Å². The van der Waals surface area contributed by atoms with E-state index in [0.717, 1.165) is 22.6 Å². The maximum absolute atomic E-state index is 6.55. The van der Waals surface area contributed by atoms with Crippen molar-refractivity contribution in [1.82, 2.24) is 0 Å². The molecule has 3 heteroatoms. The molecule has 2 nitrogen and oxygen atoms in total. The van der Waals surface area contributed by atoms with Crippen LogP contribution in [0.5, 0.6) is 11.5 Å². The van der Waals surface area contributed by atoms with E-state index in [2.05, 4.69) is 6.92 Å². The zero-order chi connectivity index (χ0) is 13.9. The smallest absolute Gasteiger partial charge is 0.161 e. The molecule has 2 unspecified atom stereocenters.